The lowest BCUT2D eigenvalue weighted by molar-refractivity contribution is 0.683. The number of nitrogens with zero attached hydrogens (tertiary/aromatic N) is 4. The Balaban J connectivity index is 2.84. The maximum absolute atomic E-state index is 12.4. The molecular formula is C12H11Cl3N4O2. The lowest BCUT2D eigenvalue weighted by Gasteiger charge is -2.16. The van der Waals surface area contributed by atoms with Gasteiger partial charge in [-0.3, -0.25) is 4.57 Å². The largest absolute Gasteiger partial charge is 0.359 e. The Labute approximate surface area is 135 Å². The molecule has 0 unspecified atom stereocenters. The summed E-state index contributed by atoms with van der Waals surface area (Å²) in [6, 6.07) is 2.72. The fourth-order valence-corrected chi connectivity index (χ4v) is 2.44. The molecule has 0 amide bonds. The third-order valence-corrected chi connectivity index (χ3v) is 3.82. The molecule has 1 aromatic heterocycles. The first-order valence-electron chi connectivity index (χ1n) is 5.76. The third kappa shape index (κ3) is 2.79. The molecule has 0 N–H and O–H groups in total. The Bertz CT molecular complexity index is 826. The fourth-order valence-electron chi connectivity index (χ4n) is 1.82. The lowest BCUT2D eigenvalue weighted by Crippen LogP contribution is -2.42. The second-order valence-corrected chi connectivity index (χ2v) is 5.71. The van der Waals surface area contributed by atoms with Crippen LogP contribution in [0.5, 0.6) is 0 Å². The standard InChI is InChI=1S/C12H11Cl3N4O2/c1-17(2)10-16-11(20)19(12(21)18(10)3)9-5-7(14)6(13)4-8(9)15/h4-5H,1-3H3. The van der Waals surface area contributed by atoms with Crippen molar-refractivity contribution in [2.24, 2.45) is 7.05 Å². The van der Waals surface area contributed by atoms with E-state index < -0.39 is 11.4 Å². The van der Waals surface area contributed by atoms with Crippen LogP contribution < -0.4 is 16.3 Å². The molecule has 0 bridgehead atoms. The molecule has 9 heteroatoms. The summed E-state index contributed by atoms with van der Waals surface area (Å²) in [5.41, 5.74) is -1.20. The van der Waals surface area contributed by atoms with Crippen molar-refractivity contribution in [3.8, 4) is 5.69 Å². The van der Waals surface area contributed by atoms with Crippen LogP contribution in [0.1, 0.15) is 0 Å². The summed E-state index contributed by atoms with van der Waals surface area (Å²) in [6.07, 6.45) is 0. The van der Waals surface area contributed by atoms with Gasteiger partial charge >= 0.3 is 11.4 Å². The summed E-state index contributed by atoms with van der Waals surface area (Å²) < 4.78 is 2.08. The quantitative estimate of drug-likeness (QED) is 0.778. The molecule has 6 nitrogen and oxygen atoms in total. The molecule has 0 radical (unpaired) electrons. The number of aromatic nitrogens is 3. The van der Waals surface area contributed by atoms with Crippen LogP contribution in [0.3, 0.4) is 0 Å². The number of anilines is 1. The minimum absolute atomic E-state index is 0.128. The molecule has 0 aliphatic heterocycles. The van der Waals surface area contributed by atoms with Crippen molar-refractivity contribution in [1.82, 2.24) is 14.1 Å². The molecule has 0 aliphatic rings. The second kappa shape index (κ2) is 5.71. The number of benzene rings is 1. The number of rotatable bonds is 2. The van der Waals surface area contributed by atoms with Gasteiger partial charge in [0.1, 0.15) is 0 Å². The van der Waals surface area contributed by atoms with Crippen LogP contribution in [0.2, 0.25) is 15.1 Å². The minimum atomic E-state index is -0.748. The normalized spacial score (nSPS) is 10.8. The van der Waals surface area contributed by atoms with E-state index in [-0.39, 0.29) is 26.7 Å². The molecule has 0 aliphatic carbocycles. The van der Waals surface area contributed by atoms with E-state index in [1.807, 2.05) is 0 Å². The van der Waals surface area contributed by atoms with Crippen molar-refractivity contribution in [1.29, 1.82) is 0 Å². The number of hydrogen-bond donors (Lipinski definition) is 0. The van der Waals surface area contributed by atoms with Crippen molar-refractivity contribution in [3.05, 3.63) is 48.2 Å². The van der Waals surface area contributed by atoms with Crippen LogP contribution in [0.25, 0.3) is 5.69 Å². The molecule has 21 heavy (non-hydrogen) atoms. The molecule has 0 saturated carbocycles. The Hall–Kier alpha value is -1.50. The summed E-state index contributed by atoms with van der Waals surface area (Å²) in [5.74, 6) is 0.234. The predicted octanol–water partition coefficient (Wildman–Crippen LogP) is 1.96. The van der Waals surface area contributed by atoms with E-state index in [2.05, 4.69) is 4.98 Å². The Kier molecular flexibility index (Phi) is 4.32. The van der Waals surface area contributed by atoms with Crippen LogP contribution in [-0.4, -0.2) is 28.2 Å². The molecule has 1 heterocycles. The average molecular weight is 350 g/mol. The van der Waals surface area contributed by atoms with Gasteiger partial charge in [-0.05, 0) is 12.1 Å². The molecular weight excluding hydrogens is 339 g/mol. The molecule has 0 spiro atoms. The molecule has 112 valence electrons. The Morgan fingerprint density at radius 1 is 1.05 bits per heavy atom. The van der Waals surface area contributed by atoms with Crippen LogP contribution in [0, 0.1) is 0 Å². The van der Waals surface area contributed by atoms with Crippen molar-refractivity contribution >= 4 is 40.8 Å². The fraction of sp³-hybridized carbons (Fsp3) is 0.250. The monoisotopic (exact) mass is 348 g/mol. The van der Waals surface area contributed by atoms with E-state index >= 15 is 0 Å². The lowest BCUT2D eigenvalue weighted by atomic mass is 10.3. The number of hydrogen-bond acceptors (Lipinski definition) is 4. The first-order valence-corrected chi connectivity index (χ1v) is 6.89. The molecule has 1 aromatic carbocycles. The van der Waals surface area contributed by atoms with Gasteiger partial charge in [-0.2, -0.15) is 4.98 Å². The highest BCUT2D eigenvalue weighted by Gasteiger charge is 2.16. The number of halogens is 3. The highest BCUT2D eigenvalue weighted by Crippen LogP contribution is 2.30. The smallest absolute Gasteiger partial charge is 0.348 e. The first-order chi connectivity index (χ1) is 9.73. The van der Waals surface area contributed by atoms with E-state index in [0.717, 1.165) is 4.57 Å². The highest BCUT2D eigenvalue weighted by molar-refractivity contribution is 6.43. The molecule has 2 aromatic rings. The second-order valence-electron chi connectivity index (χ2n) is 4.48. The van der Waals surface area contributed by atoms with Crippen LogP contribution in [0.15, 0.2) is 21.7 Å². The van der Waals surface area contributed by atoms with E-state index in [9.17, 15) is 9.59 Å². The SMILES string of the molecule is CN(C)c1nc(=O)n(-c2cc(Cl)c(Cl)cc2Cl)c(=O)n1C. The molecule has 2 rings (SSSR count). The molecule has 0 fully saturated rings. The summed E-state index contributed by atoms with van der Waals surface area (Å²) in [4.78, 5) is 30.0. The van der Waals surface area contributed by atoms with Gasteiger partial charge in [-0.1, -0.05) is 34.8 Å². The summed E-state index contributed by atoms with van der Waals surface area (Å²) in [5, 5.41) is 0.540. The Morgan fingerprint density at radius 2 is 1.62 bits per heavy atom. The van der Waals surface area contributed by atoms with Gasteiger partial charge in [0, 0.05) is 21.1 Å². The van der Waals surface area contributed by atoms with Gasteiger partial charge in [-0.15, -0.1) is 0 Å². The van der Waals surface area contributed by atoms with E-state index in [4.69, 9.17) is 34.8 Å². The average Bonchev–Trinajstić information content (AvgIpc) is 2.39. The van der Waals surface area contributed by atoms with E-state index in [1.165, 1.54) is 23.7 Å². The predicted molar refractivity (Wildman–Crippen MR) is 84.4 cm³/mol. The van der Waals surface area contributed by atoms with Gasteiger partial charge < -0.3 is 4.90 Å². The van der Waals surface area contributed by atoms with Gasteiger partial charge in [0.25, 0.3) is 0 Å². The molecule has 0 saturated heterocycles. The zero-order valence-corrected chi connectivity index (χ0v) is 13.7. The van der Waals surface area contributed by atoms with Gasteiger partial charge in [0.2, 0.25) is 5.95 Å². The van der Waals surface area contributed by atoms with Crippen LogP contribution >= 0.6 is 34.8 Å². The summed E-state index contributed by atoms with van der Waals surface area (Å²) in [7, 11) is 4.86. The maximum atomic E-state index is 12.4. The van der Waals surface area contributed by atoms with Crippen molar-refractivity contribution in [3.63, 3.8) is 0 Å². The van der Waals surface area contributed by atoms with E-state index in [1.54, 1.807) is 19.0 Å². The van der Waals surface area contributed by atoms with Gasteiger partial charge in [-0.25, -0.2) is 14.2 Å². The van der Waals surface area contributed by atoms with Crippen LogP contribution in [0.4, 0.5) is 5.95 Å². The van der Waals surface area contributed by atoms with Gasteiger partial charge in [0.15, 0.2) is 0 Å². The maximum Gasteiger partial charge on any atom is 0.359 e. The van der Waals surface area contributed by atoms with Gasteiger partial charge in [0.05, 0.1) is 20.8 Å². The first kappa shape index (κ1) is 15.9. The highest BCUT2D eigenvalue weighted by atomic mass is 35.5. The van der Waals surface area contributed by atoms with Crippen molar-refractivity contribution < 1.29 is 0 Å². The van der Waals surface area contributed by atoms with Crippen molar-refractivity contribution in [2.75, 3.05) is 19.0 Å². The summed E-state index contributed by atoms with van der Waals surface area (Å²) >= 11 is 17.8. The van der Waals surface area contributed by atoms with E-state index in [0.29, 0.717) is 0 Å². The summed E-state index contributed by atoms with van der Waals surface area (Å²) in [6.45, 7) is 0. The Morgan fingerprint density at radius 3 is 2.19 bits per heavy atom. The topological polar surface area (TPSA) is 60.1 Å². The zero-order chi connectivity index (χ0) is 15.9. The minimum Gasteiger partial charge on any atom is -0.348 e. The molecule has 0 atom stereocenters. The zero-order valence-electron chi connectivity index (χ0n) is 11.4. The van der Waals surface area contributed by atoms with Crippen LogP contribution in [-0.2, 0) is 7.05 Å². The third-order valence-electron chi connectivity index (χ3n) is 2.80. The van der Waals surface area contributed by atoms with Crippen molar-refractivity contribution in [2.45, 2.75) is 0 Å².